The molecule has 0 aliphatic rings. The summed E-state index contributed by atoms with van der Waals surface area (Å²) in [5, 5.41) is 10.8. The third-order valence-electron chi connectivity index (χ3n) is 2.97. The van der Waals surface area contributed by atoms with E-state index in [1.807, 2.05) is 18.2 Å². The van der Waals surface area contributed by atoms with Crippen molar-refractivity contribution in [3.63, 3.8) is 0 Å². The zero-order chi connectivity index (χ0) is 13.8. The molecule has 0 amide bonds. The number of benzene rings is 1. The molecule has 2 N–H and O–H groups in total. The van der Waals surface area contributed by atoms with E-state index in [0.717, 1.165) is 23.6 Å². The molecule has 2 heterocycles. The number of anilines is 1. The van der Waals surface area contributed by atoms with E-state index in [1.165, 1.54) is 5.56 Å². The largest absolute Gasteiger partial charge is 0.366 e. The van der Waals surface area contributed by atoms with Crippen molar-refractivity contribution in [1.29, 1.82) is 0 Å². The van der Waals surface area contributed by atoms with Gasteiger partial charge in [0.05, 0.1) is 10.7 Å². The minimum atomic E-state index is 0.638. The smallest absolute Gasteiger partial charge is 0.126 e. The molecule has 1 aromatic carbocycles. The lowest BCUT2D eigenvalue weighted by Crippen LogP contribution is -2.00. The SMILES string of the molecule is Clc1ccc(NCc2ccc(-c3ccn[nH]3)cc2)nc1. The predicted octanol–water partition coefficient (Wildman–Crippen LogP) is 3.74. The summed E-state index contributed by atoms with van der Waals surface area (Å²) in [6, 6.07) is 13.9. The molecule has 0 aliphatic heterocycles. The topological polar surface area (TPSA) is 53.6 Å². The number of nitrogens with one attached hydrogen (secondary N) is 2. The fraction of sp³-hybridized carbons (Fsp3) is 0.0667. The Morgan fingerprint density at radius 2 is 1.90 bits per heavy atom. The van der Waals surface area contributed by atoms with Gasteiger partial charge in [0.15, 0.2) is 0 Å². The first-order valence-electron chi connectivity index (χ1n) is 6.25. The van der Waals surface area contributed by atoms with Gasteiger partial charge in [-0.15, -0.1) is 0 Å². The van der Waals surface area contributed by atoms with E-state index < -0.39 is 0 Å². The minimum Gasteiger partial charge on any atom is -0.366 e. The monoisotopic (exact) mass is 284 g/mol. The molecule has 0 spiro atoms. The van der Waals surface area contributed by atoms with Crippen molar-refractivity contribution in [3.8, 4) is 11.3 Å². The van der Waals surface area contributed by atoms with Gasteiger partial charge in [0.25, 0.3) is 0 Å². The van der Waals surface area contributed by atoms with Crippen molar-refractivity contribution in [2.45, 2.75) is 6.54 Å². The van der Waals surface area contributed by atoms with Crippen LogP contribution in [0.5, 0.6) is 0 Å². The van der Waals surface area contributed by atoms with Crippen molar-refractivity contribution in [2.24, 2.45) is 0 Å². The Balaban J connectivity index is 1.65. The molecule has 20 heavy (non-hydrogen) atoms. The highest BCUT2D eigenvalue weighted by Gasteiger charge is 1.99. The zero-order valence-corrected chi connectivity index (χ0v) is 11.4. The molecule has 0 saturated heterocycles. The molecule has 3 aromatic rings. The number of hydrogen-bond acceptors (Lipinski definition) is 3. The molecule has 100 valence electrons. The first kappa shape index (κ1) is 12.7. The maximum atomic E-state index is 5.80. The Kier molecular flexibility index (Phi) is 3.65. The van der Waals surface area contributed by atoms with Crippen molar-refractivity contribution in [3.05, 3.63) is 65.4 Å². The number of halogens is 1. The molecule has 0 radical (unpaired) electrons. The van der Waals surface area contributed by atoms with Crippen LogP contribution in [0.4, 0.5) is 5.82 Å². The first-order valence-corrected chi connectivity index (χ1v) is 6.63. The Morgan fingerprint density at radius 3 is 2.55 bits per heavy atom. The van der Waals surface area contributed by atoms with E-state index in [1.54, 1.807) is 12.4 Å². The molecular formula is C15H13ClN4. The van der Waals surface area contributed by atoms with Gasteiger partial charge in [-0.05, 0) is 29.3 Å². The van der Waals surface area contributed by atoms with Crippen LogP contribution in [0.25, 0.3) is 11.3 Å². The van der Waals surface area contributed by atoms with Crippen LogP contribution in [0.2, 0.25) is 5.02 Å². The maximum Gasteiger partial charge on any atom is 0.126 e. The number of nitrogens with zero attached hydrogens (tertiary/aromatic N) is 2. The lowest BCUT2D eigenvalue weighted by Gasteiger charge is -2.06. The van der Waals surface area contributed by atoms with Crippen molar-refractivity contribution in [1.82, 2.24) is 15.2 Å². The van der Waals surface area contributed by atoms with Crippen LogP contribution in [0.15, 0.2) is 54.9 Å². The van der Waals surface area contributed by atoms with E-state index in [4.69, 9.17) is 11.6 Å². The van der Waals surface area contributed by atoms with Crippen LogP contribution < -0.4 is 5.32 Å². The van der Waals surface area contributed by atoms with Crippen LogP contribution in [0.1, 0.15) is 5.56 Å². The highest BCUT2D eigenvalue weighted by atomic mass is 35.5. The fourth-order valence-corrected chi connectivity index (χ4v) is 2.00. The Labute approximate surface area is 121 Å². The number of hydrogen-bond donors (Lipinski definition) is 2. The standard InChI is InChI=1S/C15H13ClN4/c16-13-5-6-15(18-10-13)17-9-11-1-3-12(4-2-11)14-7-8-19-20-14/h1-8,10H,9H2,(H,17,18)(H,19,20). The molecule has 4 nitrogen and oxygen atoms in total. The fourth-order valence-electron chi connectivity index (χ4n) is 1.89. The minimum absolute atomic E-state index is 0.638. The molecule has 0 saturated carbocycles. The predicted molar refractivity (Wildman–Crippen MR) is 80.6 cm³/mol. The summed E-state index contributed by atoms with van der Waals surface area (Å²) in [6.45, 7) is 0.720. The summed E-state index contributed by atoms with van der Waals surface area (Å²) in [5.41, 5.74) is 3.32. The third-order valence-corrected chi connectivity index (χ3v) is 3.19. The van der Waals surface area contributed by atoms with Gasteiger partial charge in [-0.3, -0.25) is 5.10 Å². The lowest BCUT2D eigenvalue weighted by atomic mass is 10.1. The molecule has 3 rings (SSSR count). The Hall–Kier alpha value is -2.33. The van der Waals surface area contributed by atoms with Gasteiger partial charge >= 0.3 is 0 Å². The van der Waals surface area contributed by atoms with Crippen LogP contribution in [-0.2, 0) is 6.54 Å². The summed E-state index contributed by atoms with van der Waals surface area (Å²) < 4.78 is 0. The highest BCUT2D eigenvalue weighted by Crippen LogP contribution is 2.17. The quantitative estimate of drug-likeness (QED) is 0.767. The van der Waals surface area contributed by atoms with Crippen LogP contribution >= 0.6 is 11.6 Å². The zero-order valence-electron chi connectivity index (χ0n) is 10.7. The number of rotatable bonds is 4. The van der Waals surface area contributed by atoms with E-state index in [9.17, 15) is 0 Å². The third kappa shape index (κ3) is 2.97. The molecular weight excluding hydrogens is 272 g/mol. The summed E-state index contributed by atoms with van der Waals surface area (Å²) in [5.74, 6) is 0.812. The lowest BCUT2D eigenvalue weighted by molar-refractivity contribution is 1.09. The van der Waals surface area contributed by atoms with Crippen molar-refractivity contribution in [2.75, 3.05) is 5.32 Å². The molecule has 0 bridgehead atoms. The molecule has 2 aromatic heterocycles. The highest BCUT2D eigenvalue weighted by molar-refractivity contribution is 6.30. The second kappa shape index (κ2) is 5.75. The summed E-state index contributed by atoms with van der Waals surface area (Å²) in [7, 11) is 0. The molecule has 0 aliphatic carbocycles. The number of aromatic amines is 1. The van der Waals surface area contributed by atoms with Gasteiger partial charge < -0.3 is 5.32 Å². The van der Waals surface area contributed by atoms with Crippen LogP contribution in [0, 0.1) is 0 Å². The summed E-state index contributed by atoms with van der Waals surface area (Å²) in [4.78, 5) is 4.20. The van der Waals surface area contributed by atoms with E-state index in [0.29, 0.717) is 5.02 Å². The normalized spacial score (nSPS) is 10.4. The second-order valence-corrected chi connectivity index (χ2v) is 4.82. The van der Waals surface area contributed by atoms with Crippen LogP contribution in [-0.4, -0.2) is 15.2 Å². The van der Waals surface area contributed by atoms with Crippen molar-refractivity contribution < 1.29 is 0 Å². The van der Waals surface area contributed by atoms with Gasteiger partial charge in [0.1, 0.15) is 5.82 Å². The van der Waals surface area contributed by atoms with E-state index in [-0.39, 0.29) is 0 Å². The number of H-pyrrole nitrogens is 1. The Morgan fingerprint density at radius 1 is 1.05 bits per heavy atom. The Bertz CT molecular complexity index is 660. The average molecular weight is 285 g/mol. The molecule has 0 unspecified atom stereocenters. The summed E-state index contributed by atoms with van der Waals surface area (Å²) in [6.07, 6.45) is 3.38. The first-order chi connectivity index (χ1) is 9.81. The van der Waals surface area contributed by atoms with E-state index >= 15 is 0 Å². The average Bonchev–Trinajstić information content (AvgIpc) is 3.01. The second-order valence-electron chi connectivity index (χ2n) is 4.38. The van der Waals surface area contributed by atoms with Crippen LogP contribution in [0.3, 0.4) is 0 Å². The van der Waals surface area contributed by atoms with Gasteiger partial charge in [0, 0.05) is 18.9 Å². The summed E-state index contributed by atoms with van der Waals surface area (Å²) >= 11 is 5.80. The van der Waals surface area contributed by atoms with Crippen molar-refractivity contribution >= 4 is 17.4 Å². The number of pyridine rings is 1. The van der Waals surface area contributed by atoms with Gasteiger partial charge in [0.2, 0.25) is 0 Å². The van der Waals surface area contributed by atoms with Gasteiger partial charge in [-0.2, -0.15) is 5.10 Å². The van der Waals surface area contributed by atoms with E-state index in [2.05, 4.69) is 44.8 Å². The van der Waals surface area contributed by atoms with Gasteiger partial charge in [-0.25, -0.2) is 4.98 Å². The molecule has 0 atom stereocenters. The molecule has 0 fully saturated rings. The van der Waals surface area contributed by atoms with Gasteiger partial charge in [-0.1, -0.05) is 35.9 Å². The molecule has 5 heteroatoms. The maximum absolute atomic E-state index is 5.80. The number of aromatic nitrogens is 3.